The number of anilines is 1. The van der Waals surface area contributed by atoms with Crippen molar-refractivity contribution in [1.82, 2.24) is 15.1 Å². The topological polar surface area (TPSA) is 107 Å². The highest BCUT2D eigenvalue weighted by atomic mass is 35.5. The van der Waals surface area contributed by atoms with E-state index in [2.05, 4.69) is 15.5 Å². The van der Waals surface area contributed by atoms with Crippen molar-refractivity contribution in [3.63, 3.8) is 0 Å². The zero-order valence-electron chi connectivity index (χ0n) is 16.5. The van der Waals surface area contributed by atoms with E-state index in [0.29, 0.717) is 36.0 Å². The van der Waals surface area contributed by atoms with Gasteiger partial charge in [-0.15, -0.1) is 10.2 Å². The van der Waals surface area contributed by atoms with E-state index in [1.807, 2.05) is 0 Å². The Morgan fingerprint density at radius 2 is 2.16 bits per heavy atom. The van der Waals surface area contributed by atoms with Gasteiger partial charge in [0.05, 0.1) is 23.4 Å². The minimum atomic E-state index is -0.699. The van der Waals surface area contributed by atoms with Gasteiger partial charge in [-0.05, 0) is 24.3 Å². The third kappa shape index (κ3) is 3.84. The molecule has 0 bridgehead atoms. The summed E-state index contributed by atoms with van der Waals surface area (Å²) in [5.41, 5.74) is 0.732. The highest BCUT2D eigenvalue weighted by Gasteiger charge is 2.34. The first-order chi connectivity index (χ1) is 15.5. The summed E-state index contributed by atoms with van der Waals surface area (Å²) in [6.45, 7) is 0.960. The van der Waals surface area contributed by atoms with Crippen molar-refractivity contribution in [3.8, 4) is 23.0 Å². The maximum absolute atomic E-state index is 14.4. The molecule has 2 aliphatic rings. The Labute approximate surface area is 186 Å². The Bertz CT molecular complexity index is 1200. The standard InChI is InChI=1S/C21H16ClFN4O5/c22-12-1-2-17(14(3-12)20-26-24-10-32-20)30-8-11-6-27(7-11)21(29)13-4-16-18(5-15(13)23)31-9-19(28)25-16/h1-5,10-11H,6-9H2,(H,25,28). The lowest BCUT2D eigenvalue weighted by Gasteiger charge is -2.39. The number of amides is 2. The van der Waals surface area contributed by atoms with Gasteiger partial charge in [0.25, 0.3) is 17.7 Å². The van der Waals surface area contributed by atoms with E-state index in [4.69, 9.17) is 25.5 Å². The first kappa shape index (κ1) is 20.3. The minimum absolute atomic E-state index is 0.0638. The Balaban J connectivity index is 1.22. The summed E-state index contributed by atoms with van der Waals surface area (Å²) < 4.78 is 30.7. The van der Waals surface area contributed by atoms with Gasteiger partial charge < -0.3 is 24.1 Å². The molecular formula is C21H16ClFN4O5. The van der Waals surface area contributed by atoms with E-state index in [1.165, 1.54) is 17.4 Å². The van der Waals surface area contributed by atoms with Crippen LogP contribution in [0, 0.1) is 11.7 Å². The van der Waals surface area contributed by atoms with Gasteiger partial charge in [-0.3, -0.25) is 9.59 Å². The number of nitrogens with zero attached hydrogens (tertiary/aromatic N) is 3. The molecule has 1 fully saturated rings. The zero-order chi connectivity index (χ0) is 22.2. The molecule has 0 radical (unpaired) electrons. The van der Waals surface area contributed by atoms with Gasteiger partial charge in [-0.25, -0.2) is 4.39 Å². The summed E-state index contributed by atoms with van der Waals surface area (Å²) in [5.74, 6) is -0.436. The average molecular weight is 459 g/mol. The summed E-state index contributed by atoms with van der Waals surface area (Å²) in [6, 6.07) is 7.49. The molecule has 3 aromatic rings. The third-order valence-corrected chi connectivity index (χ3v) is 5.42. The van der Waals surface area contributed by atoms with E-state index in [-0.39, 0.29) is 41.3 Å². The first-order valence-electron chi connectivity index (χ1n) is 9.72. The Kier molecular flexibility index (Phi) is 5.14. The van der Waals surface area contributed by atoms with Crippen LogP contribution in [0.25, 0.3) is 11.5 Å². The number of ether oxygens (including phenoxy) is 2. The number of nitrogens with one attached hydrogen (secondary N) is 1. The minimum Gasteiger partial charge on any atom is -0.492 e. The molecule has 11 heteroatoms. The van der Waals surface area contributed by atoms with Gasteiger partial charge in [-0.2, -0.15) is 0 Å². The molecule has 5 rings (SSSR count). The molecule has 0 aliphatic carbocycles. The average Bonchev–Trinajstić information content (AvgIpc) is 3.28. The van der Waals surface area contributed by atoms with Crippen LogP contribution in [0.3, 0.4) is 0 Å². The molecule has 0 atom stereocenters. The Morgan fingerprint density at radius 1 is 1.31 bits per heavy atom. The second-order valence-corrected chi connectivity index (χ2v) is 7.87. The fourth-order valence-electron chi connectivity index (χ4n) is 3.57. The molecule has 9 nitrogen and oxygen atoms in total. The van der Waals surface area contributed by atoms with Crippen LogP contribution < -0.4 is 14.8 Å². The van der Waals surface area contributed by atoms with Crippen LogP contribution in [-0.4, -0.2) is 53.2 Å². The van der Waals surface area contributed by atoms with Gasteiger partial charge in [-0.1, -0.05) is 11.6 Å². The zero-order valence-corrected chi connectivity index (χ0v) is 17.3. The van der Waals surface area contributed by atoms with Crippen molar-refractivity contribution in [2.24, 2.45) is 5.92 Å². The summed E-state index contributed by atoms with van der Waals surface area (Å²) >= 11 is 6.06. The molecular weight excluding hydrogens is 443 g/mol. The van der Waals surface area contributed by atoms with Crippen LogP contribution in [0.5, 0.6) is 11.5 Å². The molecule has 164 valence electrons. The number of fused-ring (bicyclic) bond motifs is 1. The number of carbonyl (C=O) groups is 2. The normalized spacial score (nSPS) is 15.4. The largest absolute Gasteiger partial charge is 0.492 e. The molecule has 2 aliphatic heterocycles. The number of aromatic nitrogens is 2. The van der Waals surface area contributed by atoms with Crippen molar-refractivity contribution < 1.29 is 27.9 Å². The highest BCUT2D eigenvalue weighted by Crippen LogP contribution is 2.34. The van der Waals surface area contributed by atoms with Crippen LogP contribution >= 0.6 is 11.6 Å². The van der Waals surface area contributed by atoms with Crippen LogP contribution in [0.15, 0.2) is 41.1 Å². The summed E-state index contributed by atoms with van der Waals surface area (Å²) in [4.78, 5) is 25.7. The number of rotatable bonds is 5. The van der Waals surface area contributed by atoms with Gasteiger partial charge in [0.15, 0.2) is 6.61 Å². The van der Waals surface area contributed by atoms with E-state index in [0.717, 1.165) is 6.07 Å². The number of carbonyl (C=O) groups excluding carboxylic acids is 2. The molecule has 3 heterocycles. The summed E-state index contributed by atoms with van der Waals surface area (Å²) in [7, 11) is 0. The van der Waals surface area contributed by atoms with Crippen LogP contribution in [0.2, 0.25) is 5.02 Å². The van der Waals surface area contributed by atoms with E-state index < -0.39 is 11.7 Å². The number of likely N-dealkylation sites (tertiary alicyclic amines) is 1. The fourth-order valence-corrected chi connectivity index (χ4v) is 3.74. The SMILES string of the molecule is O=C1COc2cc(F)c(C(=O)N3CC(COc4ccc(Cl)cc4-c4nnco4)C3)cc2N1. The predicted molar refractivity (Wildman–Crippen MR) is 110 cm³/mol. The maximum Gasteiger partial charge on any atom is 0.262 e. The monoisotopic (exact) mass is 458 g/mol. The molecule has 2 aromatic carbocycles. The van der Waals surface area contributed by atoms with Crippen molar-refractivity contribution in [2.75, 3.05) is 31.6 Å². The second kappa shape index (κ2) is 8.12. The molecule has 1 aromatic heterocycles. The molecule has 2 amide bonds. The Hall–Kier alpha value is -3.66. The van der Waals surface area contributed by atoms with Gasteiger partial charge in [0, 0.05) is 30.1 Å². The maximum atomic E-state index is 14.4. The van der Waals surface area contributed by atoms with Crippen molar-refractivity contribution in [3.05, 3.63) is 53.1 Å². The molecule has 32 heavy (non-hydrogen) atoms. The smallest absolute Gasteiger partial charge is 0.262 e. The number of halogens is 2. The van der Waals surface area contributed by atoms with Crippen LogP contribution in [0.4, 0.5) is 10.1 Å². The van der Waals surface area contributed by atoms with Crippen molar-refractivity contribution in [1.29, 1.82) is 0 Å². The highest BCUT2D eigenvalue weighted by molar-refractivity contribution is 6.30. The van der Waals surface area contributed by atoms with E-state index in [9.17, 15) is 14.0 Å². The Morgan fingerprint density at radius 3 is 2.94 bits per heavy atom. The quantitative estimate of drug-likeness (QED) is 0.626. The molecule has 0 saturated carbocycles. The predicted octanol–water partition coefficient (Wildman–Crippen LogP) is 3.01. The van der Waals surface area contributed by atoms with Crippen molar-refractivity contribution in [2.45, 2.75) is 0 Å². The molecule has 0 spiro atoms. The molecule has 1 N–H and O–H groups in total. The first-order valence-corrected chi connectivity index (χ1v) is 10.1. The fraction of sp³-hybridized carbons (Fsp3) is 0.238. The number of hydrogen-bond donors (Lipinski definition) is 1. The van der Waals surface area contributed by atoms with Crippen LogP contribution in [0.1, 0.15) is 10.4 Å². The molecule has 1 saturated heterocycles. The second-order valence-electron chi connectivity index (χ2n) is 7.44. The number of benzene rings is 2. The van der Waals surface area contributed by atoms with Crippen LogP contribution in [-0.2, 0) is 4.79 Å². The molecule has 0 unspecified atom stereocenters. The lowest BCUT2D eigenvalue weighted by Crippen LogP contribution is -2.52. The summed E-state index contributed by atoms with van der Waals surface area (Å²) in [6.07, 6.45) is 1.22. The lowest BCUT2D eigenvalue weighted by molar-refractivity contribution is -0.118. The third-order valence-electron chi connectivity index (χ3n) is 5.18. The summed E-state index contributed by atoms with van der Waals surface area (Å²) in [5, 5.41) is 10.6. The van der Waals surface area contributed by atoms with E-state index >= 15 is 0 Å². The van der Waals surface area contributed by atoms with Gasteiger partial charge >= 0.3 is 0 Å². The number of hydrogen-bond acceptors (Lipinski definition) is 7. The van der Waals surface area contributed by atoms with Crippen molar-refractivity contribution >= 4 is 29.1 Å². The lowest BCUT2D eigenvalue weighted by atomic mass is 9.99. The van der Waals surface area contributed by atoms with Gasteiger partial charge in [0.1, 0.15) is 17.3 Å². The van der Waals surface area contributed by atoms with Gasteiger partial charge in [0.2, 0.25) is 6.39 Å². The van der Waals surface area contributed by atoms with E-state index in [1.54, 1.807) is 18.2 Å².